The van der Waals surface area contributed by atoms with E-state index in [2.05, 4.69) is 20.3 Å². The summed E-state index contributed by atoms with van der Waals surface area (Å²) in [4.78, 5) is 36.3. The molecule has 0 aliphatic heterocycles. The van der Waals surface area contributed by atoms with E-state index in [4.69, 9.17) is 10.5 Å². The summed E-state index contributed by atoms with van der Waals surface area (Å²) in [6.45, 7) is 0. The third-order valence-corrected chi connectivity index (χ3v) is 5.33. The maximum atomic E-state index is 12.9. The molecule has 4 rings (SSSR count). The number of anilines is 1. The molecular weight excluding hydrogens is 394 g/mol. The fourth-order valence-electron chi connectivity index (χ4n) is 3.76. The van der Waals surface area contributed by atoms with Gasteiger partial charge in [0.15, 0.2) is 5.78 Å². The molecule has 0 saturated carbocycles. The second-order valence-corrected chi connectivity index (χ2v) is 7.56. The van der Waals surface area contributed by atoms with Crippen LogP contribution in [0, 0.1) is 0 Å². The summed E-state index contributed by atoms with van der Waals surface area (Å²) in [5.74, 6) is 0.0545. The highest BCUT2D eigenvalue weighted by Gasteiger charge is 2.26. The third-order valence-electron chi connectivity index (χ3n) is 5.33. The van der Waals surface area contributed by atoms with Gasteiger partial charge in [0.25, 0.3) is 5.91 Å². The van der Waals surface area contributed by atoms with Gasteiger partial charge in [0, 0.05) is 43.0 Å². The molecule has 0 aromatic carbocycles. The molecule has 8 heteroatoms. The first-order chi connectivity index (χ1) is 15.1. The van der Waals surface area contributed by atoms with E-state index < -0.39 is 6.23 Å². The highest BCUT2D eigenvalue weighted by Crippen LogP contribution is 2.27. The molecular formula is C23H25N5O3. The lowest BCUT2D eigenvalue weighted by Gasteiger charge is -2.17. The lowest BCUT2D eigenvalue weighted by Crippen LogP contribution is -2.28. The number of aryl methyl sites for hydroxylation is 2. The van der Waals surface area contributed by atoms with Gasteiger partial charge < -0.3 is 15.0 Å². The van der Waals surface area contributed by atoms with Crippen molar-refractivity contribution in [2.24, 2.45) is 5.73 Å². The number of Topliss-reactive ketones (excluding diaryl/α,β-unsaturated/α-hetero) is 1. The summed E-state index contributed by atoms with van der Waals surface area (Å²) in [5, 5.41) is 2.81. The molecule has 8 nitrogen and oxygen atoms in total. The second kappa shape index (κ2) is 9.53. The Balaban J connectivity index is 1.39. The van der Waals surface area contributed by atoms with Crippen molar-refractivity contribution >= 4 is 17.4 Å². The largest absolute Gasteiger partial charge is 0.473 e. The fourth-order valence-corrected chi connectivity index (χ4v) is 3.76. The van der Waals surface area contributed by atoms with Gasteiger partial charge in [-0.25, -0.2) is 0 Å². The predicted molar refractivity (Wildman–Crippen MR) is 116 cm³/mol. The number of hydrogen-bond donors (Lipinski definition) is 3. The molecule has 3 aromatic heterocycles. The number of carbonyl (C=O) groups is 2. The first-order valence-electron chi connectivity index (χ1n) is 10.4. The summed E-state index contributed by atoms with van der Waals surface area (Å²) < 4.78 is 5.87. The topological polar surface area (TPSA) is 123 Å². The number of nitrogens with zero attached hydrogens (tertiary/aromatic N) is 2. The average Bonchev–Trinajstić information content (AvgIpc) is 3.22. The summed E-state index contributed by atoms with van der Waals surface area (Å²) in [6, 6.07) is 5.62. The molecule has 4 N–H and O–H groups in total. The van der Waals surface area contributed by atoms with E-state index >= 15 is 0 Å². The molecule has 160 valence electrons. The van der Waals surface area contributed by atoms with Crippen LogP contribution in [0.25, 0.3) is 0 Å². The Labute approximate surface area is 180 Å². The summed E-state index contributed by atoms with van der Waals surface area (Å²) in [5.41, 5.74) is 9.42. The van der Waals surface area contributed by atoms with Crippen molar-refractivity contribution in [1.29, 1.82) is 0 Å². The van der Waals surface area contributed by atoms with Gasteiger partial charge in [-0.3, -0.25) is 25.3 Å². The molecule has 0 radical (unpaired) electrons. The van der Waals surface area contributed by atoms with E-state index in [1.165, 1.54) is 11.8 Å². The molecule has 0 fully saturated rings. The van der Waals surface area contributed by atoms with Gasteiger partial charge in [-0.15, -0.1) is 0 Å². The summed E-state index contributed by atoms with van der Waals surface area (Å²) >= 11 is 0. The monoisotopic (exact) mass is 419 g/mol. The van der Waals surface area contributed by atoms with Crippen molar-refractivity contribution in [3.63, 3.8) is 0 Å². The maximum Gasteiger partial charge on any atom is 0.258 e. The number of H-pyrrole nitrogens is 1. The van der Waals surface area contributed by atoms with Crippen LogP contribution in [0.1, 0.15) is 57.7 Å². The Morgan fingerprint density at radius 3 is 2.84 bits per heavy atom. The Bertz CT molecular complexity index is 1060. The lowest BCUT2D eigenvalue weighted by atomic mass is 9.93. The number of carbonyl (C=O) groups excluding carboxylic acids is 2. The zero-order valence-corrected chi connectivity index (χ0v) is 17.1. The fraction of sp³-hybridized carbons (Fsp3) is 0.304. The molecule has 3 aromatic rings. The Hall–Kier alpha value is -3.52. The molecule has 3 heterocycles. The van der Waals surface area contributed by atoms with Gasteiger partial charge in [0.1, 0.15) is 17.7 Å². The van der Waals surface area contributed by atoms with Crippen LogP contribution in [0.15, 0.2) is 49.2 Å². The number of rotatable bonds is 8. The van der Waals surface area contributed by atoms with Crippen molar-refractivity contribution in [3.05, 3.63) is 71.6 Å². The van der Waals surface area contributed by atoms with Crippen LogP contribution < -0.4 is 15.8 Å². The quantitative estimate of drug-likeness (QED) is 0.482. The number of nitrogens with one attached hydrogen (secondary N) is 2. The van der Waals surface area contributed by atoms with Crippen LogP contribution in [0.5, 0.6) is 5.75 Å². The third kappa shape index (κ3) is 4.97. The first-order valence-corrected chi connectivity index (χ1v) is 10.4. The number of hydrogen-bond acceptors (Lipinski definition) is 6. The van der Waals surface area contributed by atoms with E-state index in [0.29, 0.717) is 35.4 Å². The standard InChI is InChI=1S/C23H25N5O3/c24-21(6-1-3-15-7-10-25-11-8-15)31-20-9-12-26-14-18(20)28-23(30)16-13-27-17-4-2-5-19(29)22(16)17/h7-14,21,27H,1-6,24H2,(H,28,30). The number of ether oxygens (including phenoxy) is 1. The van der Waals surface area contributed by atoms with Gasteiger partial charge in [-0.2, -0.15) is 0 Å². The number of aromatic amines is 1. The number of ketones is 1. The van der Waals surface area contributed by atoms with Crippen molar-refractivity contribution in [2.45, 2.75) is 44.8 Å². The number of aromatic nitrogens is 3. The highest BCUT2D eigenvalue weighted by atomic mass is 16.5. The van der Waals surface area contributed by atoms with Gasteiger partial charge in [0.05, 0.1) is 17.3 Å². The molecule has 1 aliphatic carbocycles. The Morgan fingerprint density at radius 2 is 2.00 bits per heavy atom. The van der Waals surface area contributed by atoms with Gasteiger partial charge >= 0.3 is 0 Å². The number of fused-ring (bicyclic) bond motifs is 1. The van der Waals surface area contributed by atoms with Gasteiger partial charge in [-0.05, 0) is 49.8 Å². The van der Waals surface area contributed by atoms with Gasteiger partial charge in [-0.1, -0.05) is 0 Å². The average molecular weight is 419 g/mol. The molecule has 1 atom stereocenters. The Morgan fingerprint density at radius 1 is 1.19 bits per heavy atom. The van der Waals surface area contributed by atoms with Crippen LogP contribution >= 0.6 is 0 Å². The molecule has 0 spiro atoms. The zero-order chi connectivity index (χ0) is 21.6. The van der Waals surface area contributed by atoms with Crippen molar-refractivity contribution in [3.8, 4) is 5.75 Å². The van der Waals surface area contributed by atoms with Crippen LogP contribution in [0.3, 0.4) is 0 Å². The minimum Gasteiger partial charge on any atom is -0.473 e. The SMILES string of the molecule is NC(CCCc1ccncc1)Oc1ccncc1NC(=O)c1c[nH]c2c1C(=O)CCC2. The number of amides is 1. The van der Waals surface area contributed by atoms with E-state index in [1.807, 2.05) is 12.1 Å². The van der Waals surface area contributed by atoms with E-state index in [1.54, 1.807) is 30.9 Å². The van der Waals surface area contributed by atoms with Crippen LogP contribution in [0.2, 0.25) is 0 Å². The summed E-state index contributed by atoms with van der Waals surface area (Å²) in [6.07, 6.45) is 12.1. The molecule has 0 bridgehead atoms. The minimum absolute atomic E-state index is 0.00784. The van der Waals surface area contributed by atoms with E-state index in [0.717, 1.165) is 31.4 Å². The van der Waals surface area contributed by atoms with Gasteiger partial charge in [0.2, 0.25) is 0 Å². The highest BCUT2D eigenvalue weighted by molar-refractivity contribution is 6.13. The van der Waals surface area contributed by atoms with Crippen molar-refractivity contribution in [2.75, 3.05) is 5.32 Å². The summed E-state index contributed by atoms with van der Waals surface area (Å²) in [7, 11) is 0. The molecule has 1 aliphatic rings. The first kappa shape index (κ1) is 20.7. The van der Waals surface area contributed by atoms with Crippen molar-refractivity contribution in [1.82, 2.24) is 15.0 Å². The smallest absolute Gasteiger partial charge is 0.258 e. The van der Waals surface area contributed by atoms with Crippen LogP contribution in [-0.4, -0.2) is 32.9 Å². The molecule has 31 heavy (non-hydrogen) atoms. The van der Waals surface area contributed by atoms with Crippen LogP contribution in [0.4, 0.5) is 5.69 Å². The van der Waals surface area contributed by atoms with Crippen molar-refractivity contribution < 1.29 is 14.3 Å². The zero-order valence-electron chi connectivity index (χ0n) is 17.1. The normalized spacial score (nSPS) is 14.0. The van der Waals surface area contributed by atoms with E-state index in [-0.39, 0.29) is 11.7 Å². The molecule has 0 saturated heterocycles. The lowest BCUT2D eigenvalue weighted by molar-refractivity contribution is 0.0956. The predicted octanol–water partition coefficient (Wildman–Crippen LogP) is 3.26. The second-order valence-electron chi connectivity index (χ2n) is 7.56. The molecule has 1 unspecified atom stereocenters. The Kier molecular flexibility index (Phi) is 6.37. The molecule has 1 amide bonds. The maximum absolute atomic E-state index is 12.9. The minimum atomic E-state index is -0.526. The van der Waals surface area contributed by atoms with E-state index in [9.17, 15) is 9.59 Å². The van der Waals surface area contributed by atoms with Crippen LogP contribution in [-0.2, 0) is 12.8 Å². The number of pyridine rings is 2. The number of nitrogens with two attached hydrogens (primary N) is 1.